The van der Waals surface area contributed by atoms with Gasteiger partial charge in [-0.15, -0.1) is 0 Å². The van der Waals surface area contributed by atoms with Crippen LogP contribution >= 0.6 is 0 Å². The number of nitriles is 1. The molecule has 8 heteroatoms. The fraction of sp³-hybridized carbons (Fsp3) is 0.300. The number of piperidine rings is 1. The largest absolute Gasteiger partial charge is 0.460 e. The average molecular weight is 402 g/mol. The summed E-state index contributed by atoms with van der Waals surface area (Å²) in [5, 5.41) is 8.82. The second kappa shape index (κ2) is 8.50. The highest BCUT2D eigenvalue weighted by molar-refractivity contribution is 7.89. The molecule has 2 aromatic carbocycles. The molecule has 1 heterocycles. The highest BCUT2D eigenvalue weighted by Gasteiger charge is 2.32. The Labute approximate surface area is 163 Å². The van der Waals surface area contributed by atoms with Gasteiger partial charge in [0, 0.05) is 18.7 Å². The lowest BCUT2D eigenvalue weighted by atomic mass is 9.98. The first-order valence-electron chi connectivity index (χ1n) is 8.82. The maximum Gasteiger partial charge on any atom is 0.309 e. The lowest BCUT2D eigenvalue weighted by Crippen LogP contribution is -2.40. The summed E-state index contributed by atoms with van der Waals surface area (Å²) in [6, 6.07) is 13.8. The molecule has 6 nitrogen and oxygen atoms in total. The van der Waals surface area contributed by atoms with E-state index in [2.05, 4.69) is 0 Å². The van der Waals surface area contributed by atoms with Crippen LogP contribution in [0.4, 0.5) is 4.39 Å². The molecule has 0 radical (unpaired) electrons. The smallest absolute Gasteiger partial charge is 0.309 e. The summed E-state index contributed by atoms with van der Waals surface area (Å²) >= 11 is 0. The van der Waals surface area contributed by atoms with Crippen LogP contribution in [0.3, 0.4) is 0 Å². The van der Waals surface area contributed by atoms with Gasteiger partial charge in [0.05, 0.1) is 22.4 Å². The van der Waals surface area contributed by atoms with Gasteiger partial charge in [0.1, 0.15) is 12.4 Å². The highest BCUT2D eigenvalue weighted by atomic mass is 32.2. The first kappa shape index (κ1) is 20.0. The second-order valence-electron chi connectivity index (χ2n) is 6.51. The van der Waals surface area contributed by atoms with E-state index in [1.54, 1.807) is 18.2 Å². The van der Waals surface area contributed by atoms with E-state index in [4.69, 9.17) is 10.00 Å². The van der Waals surface area contributed by atoms with Crippen molar-refractivity contribution in [1.29, 1.82) is 5.26 Å². The molecule has 0 saturated carbocycles. The van der Waals surface area contributed by atoms with Gasteiger partial charge in [0.25, 0.3) is 0 Å². The van der Waals surface area contributed by atoms with Crippen LogP contribution in [-0.4, -0.2) is 31.8 Å². The van der Waals surface area contributed by atoms with E-state index in [9.17, 15) is 17.6 Å². The Morgan fingerprint density at radius 2 is 1.79 bits per heavy atom. The van der Waals surface area contributed by atoms with Gasteiger partial charge in [-0.25, -0.2) is 12.8 Å². The highest BCUT2D eigenvalue weighted by Crippen LogP contribution is 2.25. The van der Waals surface area contributed by atoms with Crippen molar-refractivity contribution in [3.63, 3.8) is 0 Å². The molecule has 0 bridgehead atoms. The van der Waals surface area contributed by atoms with Crippen molar-refractivity contribution in [3.8, 4) is 6.07 Å². The number of benzene rings is 2. The van der Waals surface area contributed by atoms with Crippen molar-refractivity contribution < 1.29 is 22.3 Å². The van der Waals surface area contributed by atoms with E-state index in [0.29, 0.717) is 24.0 Å². The van der Waals surface area contributed by atoms with Crippen molar-refractivity contribution in [1.82, 2.24) is 4.31 Å². The number of esters is 1. The van der Waals surface area contributed by atoms with Crippen molar-refractivity contribution in [2.75, 3.05) is 13.1 Å². The molecule has 146 valence electrons. The van der Waals surface area contributed by atoms with Gasteiger partial charge in [-0.3, -0.25) is 4.79 Å². The first-order chi connectivity index (χ1) is 13.4. The average Bonchev–Trinajstić information content (AvgIpc) is 2.73. The molecule has 0 aliphatic carbocycles. The van der Waals surface area contributed by atoms with Crippen LogP contribution < -0.4 is 0 Å². The van der Waals surface area contributed by atoms with E-state index < -0.39 is 27.7 Å². The number of halogens is 1. The topological polar surface area (TPSA) is 87.5 Å². The number of rotatable bonds is 5. The number of hydrogen-bond acceptors (Lipinski definition) is 5. The Morgan fingerprint density at radius 3 is 2.39 bits per heavy atom. The SMILES string of the molecule is N#Cc1ccc(S(=O)(=O)N2CCC(C(=O)OCc3ccccc3F)CC2)cc1. The minimum atomic E-state index is -3.67. The maximum atomic E-state index is 13.6. The molecule has 0 N–H and O–H groups in total. The summed E-state index contributed by atoms with van der Waals surface area (Å²) in [5.74, 6) is -1.29. The van der Waals surface area contributed by atoms with E-state index in [1.807, 2.05) is 6.07 Å². The summed E-state index contributed by atoms with van der Waals surface area (Å²) in [4.78, 5) is 12.4. The molecule has 0 atom stereocenters. The lowest BCUT2D eigenvalue weighted by Gasteiger charge is -2.30. The van der Waals surface area contributed by atoms with Gasteiger partial charge in [-0.2, -0.15) is 9.57 Å². The van der Waals surface area contributed by atoms with Gasteiger partial charge >= 0.3 is 5.97 Å². The second-order valence-corrected chi connectivity index (χ2v) is 8.45. The van der Waals surface area contributed by atoms with Crippen molar-refractivity contribution >= 4 is 16.0 Å². The summed E-state index contributed by atoms with van der Waals surface area (Å²) in [6.07, 6.45) is 0.678. The van der Waals surface area contributed by atoms with Crippen LogP contribution in [0.1, 0.15) is 24.0 Å². The normalized spacial score (nSPS) is 15.7. The predicted molar refractivity (Wildman–Crippen MR) is 98.8 cm³/mol. The van der Waals surface area contributed by atoms with Crippen molar-refractivity contribution in [2.24, 2.45) is 5.92 Å². The number of sulfonamides is 1. The van der Waals surface area contributed by atoms with Crippen LogP contribution in [0.15, 0.2) is 53.4 Å². The van der Waals surface area contributed by atoms with E-state index in [-0.39, 0.29) is 24.6 Å². The van der Waals surface area contributed by atoms with E-state index in [1.165, 1.54) is 34.6 Å². The molecule has 3 rings (SSSR count). The van der Waals surface area contributed by atoms with Crippen LogP contribution in [0.25, 0.3) is 0 Å². The fourth-order valence-electron chi connectivity index (χ4n) is 3.06. The molecule has 28 heavy (non-hydrogen) atoms. The molecule has 1 fully saturated rings. The number of carbonyl (C=O) groups excluding carboxylic acids is 1. The van der Waals surface area contributed by atoms with Crippen molar-refractivity contribution in [3.05, 3.63) is 65.5 Å². The first-order valence-corrected chi connectivity index (χ1v) is 10.3. The monoisotopic (exact) mass is 402 g/mol. The molecular formula is C20H19FN2O4S. The minimum Gasteiger partial charge on any atom is -0.460 e. The fourth-order valence-corrected chi connectivity index (χ4v) is 4.53. The minimum absolute atomic E-state index is 0.118. The Kier molecular flexibility index (Phi) is 6.07. The van der Waals surface area contributed by atoms with E-state index in [0.717, 1.165) is 0 Å². The number of nitrogens with zero attached hydrogens (tertiary/aromatic N) is 2. The third-order valence-corrected chi connectivity index (χ3v) is 6.65. The number of carbonyl (C=O) groups is 1. The van der Waals surface area contributed by atoms with Gasteiger partial charge in [-0.1, -0.05) is 18.2 Å². The van der Waals surface area contributed by atoms with Crippen LogP contribution in [0.2, 0.25) is 0 Å². The van der Waals surface area contributed by atoms with Gasteiger partial charge in [0.2, 0.25) is 10.0 Å². The van der Waals surface area contributed by atoms with Crippen LogP contribution in [-0.2, 0) is 26.2 Å². The molecule has 2 aromatic rings. The molecule has 0 unspecified atom stereocenters. The molecule has 1 aliphatic rings. The van der Waals surface area contributed by atoms with Crippen LogP contribution in [0, 0.1) is 23.1 Å². The van der Waals surface area contributed by atoms with Gasteiger partial charge < -0.3 is 4.74 Å². The van der Waals surface area contributed by atoms with Crippen LogP contribution in [0.5, 0.6) is 0 Å². The standard InChI is InChI=1S/C20H19FN2O4S/c21-19-4-2-1-3-17(19)14-27-20(24)16-9-11-23(12-10-16)28(25,26)18-7-5-15(13-22)6-8-18/h1-8,16H,9-12,14H2. The molecular weight excluding hydrogens is 383 g/mol. The molecule has 1 aliphatic heterocycles. The van der Waals surface area contributed by atoms with Gasteiger partial charge in [0.15, 0.2) is 0 Å². The van der Waals surface area contributed by atoms with E-state index >= 15 is 0 Å². The number of hydrogen-bond donors (Lipinski definition) is 0. The zero-order valence-corrected chi connectivity index (χ0v) is 15.9. The third-order valence-electron chi connectivity index (χ3n) is 4.74. The molecule has 0 amide bonds. The Balaban J connectivity index is 1.56. The predicted octanol–water partition coefficient (Wildman–Crippen LogP) is 2.84. The summed E-state index contributed by atoms with van der Waals surface area (Å²) < 4.78 is 45.5. The molecule has 0 spiro atoms. The Hall–Kier alpha value is -2.76. The third kappa shape index (κ3) is 4.38. The maximum absolute atomic E-state index is 13.6. The molecule has 1 saturated heterocycles. The quantitative estimate of drug-likeness (QED) is 0.718. The zero-order valence-electron chi connectivity index (χ0n) is 15.0. The Morgan fingerprint density at radius 1 is 1.14 bits per heavy atom. The van der Waals surface area contributed by atoms with Gasteiger partial charge in [-0.05, 0) is 43.2 Å². The van der Waals surface area contributed by atoms with Crippen molar-refractivity contribution in [2.45, 2.75) is 24.3 Å². The lowest BCUT2D eigenvalue weighted by molar-refractivity contribution is -0.151. The zero-order chi connectivity index (χ0) is 20.1. The summed E-state index contributed by atoms with van der Waals surface area (Å²) in [6.45, 7) is 0.249. The molecule has 0 aromatic heterocycles. The summed E-state index contributed by atoms with van der Waals surface area (Å²) in [5.41, 5.74) is 0.687. The number of ether oxygens (including phenoxy) is 1. The summed E-state index contributed by atoms with van der Waals surface area (Å²) in [7, 11) is -3.67. The Bertz CT molecular complexity index is 992.